The van der Waals surface area contributed by atoms with Gasteiger partial charge in [0.25, 0.3) is 0 Å². The third-order valence-corrected chi connectivity index (χ3v) is 6.67. The van der Waals surface area contributed by atoms with Gasteiger partial charge in [0.1, 0.15) is 6.04 Å². The van der Waals surface area contributed by atoms with Crippen molar-refractivity contribution in [1.82, 2.24) is 15.6 Å². The highest BCUT2D eigenvalue weighted by Crippen LogP contribution is 2.48. The van der Waals surface area contributed by atoms with Gasteiger partial charge in [0.15, 0.2) is 0 Å². The average molecular weight is 495 g/mol. The number of H-pyrrole nitrogens is 1. The van der Waals surface area contributed by atoms with Crippen LogP contribution in [0.1, 0.15) is 25.8 Å². The van der Waals surface area contributed by atoms with Gasteiger partial charge in [-0.1, -0.05) is 44.5 Å². The number of fused-ring (bicyclic) bond motifs is 1. The average Bonchev–Trinajstić information content (AvgIpc) is 3.24. The first-order chi connectivity index (χ1) is 16.3. The van der Waals surface area contributed by atoms with Gasteiger partial charge in [-0.2, -0.15) is 0 Å². The monoisotopic (exact) mass is 494 g/mol. The van der Waals surface area contributed by atoms with Crippen molar-refractivity contribution in [3.8, 4) is 0 Å². The molecule has 0 bridgehead atoms. The smallest absolute Gasteiger partial charge is 0.361 e. The number of rotatable bonds is 16. The number of aromatic nitrogens is 1. The zero-order valence-electron chi connectivity index (χ0n) is 19.7. The van der Waals surface area contributed by atoms with Crippen LogP contribution in [0, 0.1) is 5.92 Å². The lowest BCUT2D eigenvalue weighted by molar-refractivity contribution is -0.130. The molecule has 2 rings (SSSR count). The van der Waals surface area contributed by atoms with Gasteiger partial charge in [0.05, 0.1) is 26.2 Å². The Bertz CT molecular complexity index is 995. The molecule has 0 aliphatic carbocycles. The van der Waals surface area contributed by atoms with Crippen molar-refractivity contribution in [2.24, 2.45) is 11.7 Å². The van der Waals surface area contributed by atoms with Crippen molar-refractivity contribution in [1.29, 1.82) is 0 Å². The van der Waals surface area contributed by atoms with Crippen LogP contribution >= 0.6 is 7.82 Å². The SMILES string of the molecule is C=CCOP(=O)(OCCN)OCCNC(=O)[C@@H](NC(=O)Cc1c[nH]c2ccccc12)[C@@H](C)CC. The number of phosphoric ester groups is 1. The number of para-hydroxylation sites is 1. The van der Waals surface area contributed by atoms with Crippen LogP contribution in [-0.4, -0.2) is 55.8 Å². The molecular weight excluding hydrogens is 459 g/mol. The molecule has 2 aromatic rings. The molecule has 3 atom stereocenters. The predicted molar refractivity (Wildman–Crippen MR) is 131 cm³/mol. The van der Waals surface area contributed by atoms with Gasteiger partial charge in [-0.15, -0.1) is 6.58 Å². The van der Waals surface area contributed by atoms with E-state index in [9.17, 15) is 14.2 Å². The Morgan fingerprint density at radius 2 is 1.97 bits per heavy atom. The van der Waals surface area contributed by atoms with E-state index >= 15 is 0 Å². The van der Waals surface area contributed by atoms with Gasteiger partial charge in [-0.05, 0) is 17.5 Å². The van der Waals surface area contributed by atoms with Gasteiger partial charge in [-0.3, -0.25) is 23.2 Å². The number of nitrogens with two attached hydrogens (primary N) is 1. The van der Waals surface area contributed by atoms with Crippen LogP contribution in [0.25, 0.3) is 10.9 Å². The number of nitrogens with one attached hydrogen (secondary N) is 3. The molecule has 34 heavy (non-hydrogen) atoms. The van der Waals surface area contributed by atoms with Crippen LogP contribution in [0.2, 0.25) is 0 Å². The molecule has 0 fully saturated rings. The molecule has 188 valence electrons. The van der Waals surface area contributed by atoms with Crippen LogP contribution in [0.4, 0.5) is 0 Å². The number of hydrogen-bond donors (Lipinski definition) is 4. The Morgan fingerprint density at radius 3 is 2.68 bits per heavy atom. The van der Waals surface area contributed by atoms with Gasteiger partial charge in [0.2, 0.25) is 11.8 Å². The molecule has 1 aromatic carbocycles. The Balaban J connectivity index is 1.91. The normalized spacial score (nSPS) is 14.8. The highest BCUT2D eigenvalue weighted by Gasteiger charge is 2.28. The minimum atomic E-state index is -3.81. The lowest BCUT2D eigenvalue weighted by atomic mass is 9.98. The topological polar surface area (TPSA) is 145 Å². The van der Waals surface area contributed by atoms with E-state index in [1.54, 1.807) is 6.20 Å². The Hall–Kier alpha value is -2.49. The number of phosphoric acid groups is 1. The first-order valence-corrected chi connectivity index (χ1v) is 12.8. The van der Waals surface area contributed by atoms with E-state index in [1.165, 1.54) is 6.08 Å². The molecule has 1 heterocycles. The second-order valence-corrected chi connectivity index (χ2v) is 9.41. The number of hydrogen-bond acceptors (Lipinski definition) is 7. The fraction of sp³-hybridized carbons (Fsp3) is 0.478. The van der Waals surface area contributed by atoms with E-state index in [-0.39, 0.29) is 57.1 Å². The van der Waals surface area contributed by atoms with E-state index in [1.807, 2.05) is 38.1 Å². The number of carbonyl (C=O) groups is 2. The summed E-state index contributed by atoms with van der Waals surface area (Å²) in [5.74, 6) is -0.698. The number of benzene rings is 1. The van der Waals surface area contributed by atoms with E-state index in [4.69, 9.17) is 19.3 Å². The van der Waals surface area contributed by atoms with Crippen molar-refractivity contribution in [3.05, 3.63) is 48.7 Å². The van der Waals surface area contributed by atoms with E-state index in [0.29, 0.717) is 6.42 Å². The zero-order chi connectivity index (χ0) is 25.0. The number of aromatic amines is 1. The van der Waals surface area contributed by atoms with Crippen LogP contribution in [0.3, 0.4) is 0 Å². The summed E-state index contributed by atoms with van der Waals surface area (Å²) in [6.45, 7) is 7.40. The molecule has 0 aliphatic rings. The molecule has 0 aliphatic heterocycles. The highest BCUT2D eigenvalue weighted by molar-refractivity contribution is 7.48. The van der Waals surface area contributed by atoms with Crippen molar-refractivity contribution in [2.45, 2.75) is 32.7 Å². The third-order valence-electron chi connectivity index (χ3n) is 5.21. The molecule has 11 heteroatoms. The molecule has 0 radical (unpaired) electrons. The molecule has 0 saturated carbocycles. The maximum absolute atomic E-state index is 12.8. The van der Waals surface area contributed by atoms with Crippen LogP contribution < -0.4 is 16.4 Å². The van der Waals surface area contributed by atoms with Crippen LogP contribution in [-0.2, 0) is 34.1 Å². The summed E-state index contributed by atoms with van der Waals surface area (Å²) in [6.07, 6.45) is 4.06. The summed E-state index contributed by atoms with van der Waals surface area (Å²) >= 11 is 0. The molecule has 0 saturated heterocycles. The number of amides is 2. The van der Waals surface area contributed by atoms with Gasteiger partial charge in [-0.25, -0.2) is 4.57 Å². The van der Waals surface area contributed by atoms with Gasteiger partial charge >= 0.3 is 7.82 Å². The molecule has 2 amide bonds. The lowest BCUT2D eigenvalue weighted by Gasteiger charge is -2.24. The molecule has 1 aromatic heterocycles. The van der Waals surface area contributed by atoms with Gasteiger partial charge in [0, 0.05) is 30.2 Å². The van der Waals surface area contributed by atoms with Crippen LogP contribution in [0.15, 0.2) is 43.1 Å². The van der Waals surface area contributed by atoms with Crippen molar-refractivity contribution in [3.63, 3.8) is 0 Å². The molecule has 1 unspecified atom stereocenters. The lowest BCUT2D eigenvalue weighted by Crippen LogP contribution is -2.51. The molecule has 10 nitrogen and oxygen atoms in total. The standard InChI is InChI=1S/C23H35N4O6P/c1-4-12-31-34(30,32-13-10-24)33-14-11-25-23(29)22(17(3)5-2)27-21(28)15-18-16-26-20-9-7-6-8-19(18)20/h4,6-9,16-17,22,26H,1,5,10-15,24H2,2-3H3,(H,25,29)(H,27,28)/t17-,22-,34?/m0/s1. The Labute approximate surface area is 200 Å². The van der Waals surface area contributed by atoms with Crippen molar-refractivity contribution >= 4 is 30.5 Å². The van der Waals surface area contributed by atoms with E-state index in [0.717, 1.165) is 16.5 Å². The summed E-state index contributed by atoms with van der Waals surface area (Å²) < 4.78 is 27.9. The Kier molecular flexibility index (Phi) is 11.5. The second-order valence-electron chi connectivity index (χ2n) is 7.74. The minimum Gasteiger partial charge on any atom is -0.361 e. The number of carbonyl (C=O) groups excluding carboxylic acids is 2. The molecule has 0 spiro atoms. The minimum absolute atomic E-state index is 0.000665. The quantitative estimate of drug-likeness (QED) is 0.159. The predicted octanol–water partition coefficient (Wildman–Crippen LogP) is 2.66. The van der Waals surface area contributed by atoms with Gasteiger partial charge < -0.3 is 21.4 Å². The maximum atomic E-state index is 12.8. The fourth-order valence-corrected chi connectivity index (χ4v) is 4.39. The fourth-order valence-electron chi connectivity index (χ4n) is 3.24. The highest BCUT2D eigenvalue weighted by atomic mass is 31.2. The second kappa shape index (κ2) is 14.0. The summed E-state index contributed by atoms with van der Waals surface area (Å²) in [5, 5.41) is 6.53. The zero-order valence-corrected chi connectivity index (χ0v) is 20.6. The van der Waals surface area contributed by atoms with Crippen molar-refractivity contribution < 1.29 is 27.7 Å². The summed E-state index contributed by atoms with van der Waals surface area (Å²) in [6, 6.07) is 7.00. The largest absolute Gasteiger partial charge is 0.475 e. The first kappa shape index (κ1) is 27.8. The van der Waals surface area contributed by atoms with E-state index in [2.05, 4.69) is 22.2 Å². The van der Waals surface area contributed by atoms with Crippen LogP contribution in [0.5, 0.6) is 0 Å². The summed E-state index contributed by atoms with van der Waals surface area (Å²) in [7, 11) is -3.81. The summed E-state index contributed by atoms with van der Waals surface area (Å²) in [5.41, 5.74) is 7.18. The Morgan fingerprint density at radius 1 is 1.24 bits per heavy atom. The van der Waals surface area contributed by atoms with E-state index < -0.39 is 13.9 Å². The summed E-state index contributed by atoms with van der Waals surface area (Å²) in [4.78, 5) is 28.7. The molecular formula is C23H35N4O6P. The van der Waals surface area contributed by atoms with Crippen molar-refractivity contribution in [2.75, 3.05) is 32.9 Å². The first-order valence-electron chi connectivity index (χ1n) is 11.3. The maximum Gasteiger partial charge on any atom is 0.475 e. The molecule has 5 N–H and O–H groups in total. The third kappa shape index (κ3) is 8.38.